The number of halogens is 3. The number of fused-ring (bicyclic) bond motifs is 1. The van der Waals surface area contributed by atoms with Crippen LogP contribution in [-0.2, 0) is 6.18 Å². The Morgan fingerprint density at radius 2 is 1.91 bits per heavy atom. The highest BCUT2D eigenvalue weighted by Gasteiger charge is 2.55. The van der Waals surface area contributed by atoms with Crippen LogP contribution in [0.5, 0.6) is 0 Å². The van der Waals surface area contributed by atoms with Crippen LogP contribution in [0.25, 0.3) is 5.65 Å². The molecule has 10 heteroatoms. The van der Waals surface area contributed by atoms with Crippen LogP contribution in [-0.4, -0.2) is 57.3 Å². The largest absolute Gasteiger partial charge is 0.416 e. The third-order valence-corrected chi connectivity index (χ3v) is 6.62. The summed E-state index contributed by atoms with van der Waals surface area (Å²) in [5, 5.41) is 2.54. The van der Waals surface area contributed by atoms with Crippen LogP contribution in [0.1, 0.15) is 28.9 Å². The fraction of sp³-hybridized carbons (Fsp3) is 0.348. The number of anilines is 1. The molecule has 0 unspecified atom stereocenters. The van der Waals surface area contributed by atoms with Gasteiger partial charge in [0.05, 0.1) is 11.8 Å². The number of pyridine rings is 1. The minimum atomic E-state index is -4.47. The van der Waals surface area contributed by atoms with Crippen LogP contribution < -0.4 is 5.32 Å². The quantitative estimate of drug-likeness (QED) is 0.643. The predicted molar refractivity (Wildman–Crippen MR) is 115 cm³/mol. The molecule has 33 heavy (non-hydrogen) atoms. The SMILES string of the molecule is CN(C(=O)Nc1cccc(C(F)(F)F)c1)C1CC2(C1)CN(C(=O)c1cnc3ccccn13)C2. The van der Waals surface area contributed by atoms with E-state index in [1.807, 2.05) is 24.4 Å². The maximum absolute atomic E-state index is 12.9. The van der Waals surface area contributed by atoms with Gasteiger partial charge in [0.2, 0.25) is 0 Å². The third-order valence-electron chi connectivity index (χ3n) is 6.62. The normalized spacial score (nSPS) is 17.5. The first-order valence-corrected chi connectivity index (χ1v) is 10.6. The fourth-order valence-corrected chi connectivity index (χ4v) is 4.78. The van der Waals surface area contributed by atoms with Crippen LogP contribution in [0.2, 0.25) is 0 Å². The zero-order valence-electron chi connectivity index (χ0n) is 17.8. The number of aromatic nitrogens is 2. The minimum Gasteiger partial charge on any atom is -0.336 e. The van der Waals surface area contributed by atoms with E-state index in [2.05, 4.69) is 10.3 Å². The van der Waals surface area contributed by atoms with E-state index in [4.69, 9.17) is 0 Å². The highest BCUT2D eigenvalue weighted by molar-refractivity contribution is 5.94. The molecule has 3 aromatic rings. The number of amides is 3. The summed E-state index contributed by atoms with van der Waals surface area (Å²) in [6, 6.07) is 9.65. The Balaban J connectivity index is 1.15. The number of nitrogens with zero attached hydrogens (tertiary/aromatic N) is 4. The number of hydrogen-bond acceptors (Lipinski definition) is 3. The maximum atomic E-state index is 12.9. The van der Waals surface area contributed by atoms with Crippen molar-refractivity contribution in [3.05, 3.63) is 66.1 Å². The molecule has 5 rings (SSSR count). The molecular formula is C23H22F3N5O2. The van der Waals surface area contributed by atoms with E-state index in [0.29, 0.717) is 24.4 Å². The van der Waals surface area contributed by atoms with Crippen LogP contribution in [0.3, 0.4) is 0 Å². The number of carbonyl (C=O) groups is 2. The number of imidazole rings is 1. The van der Waals surface area contributed by atoms with Crippen molar-refractivity contribution in [3.8, 4) is 0 Å². The molecular weight excluding hydrogens is 435 g/mol. The molecule has 3 amide bonds. The van der Waals surface area contributed by atoms with Crippen molar-refractivity contribution in [2.24, 2.45) is 5.41 Å². The third kappa shape index (κ3) is 3.79. The number of rotatable bonds is 3. The van der Waals surface area contributed by atoms with Crippen molar-refractivity contribution in [1.29, 1.82) is 0 Å². The molecule has 1 aliphatic carbocycles. The Morgan fingerprint density at radius 1 is 1.15 bits per heavy atom. The van der Waals surface area contributed by atoms with E-state index in [0.717, 1.165) is 25.0 Å². The minimum absolute atomic E-state index is 0.00837. The van der Waals surface area contributed by atoms with Crippen molar-refractivity contribution >= 4 is 23.3 Å². The molecule has 3 heterocycles. The van der Waals surface area contributed by atoms with E-state index in [-0.39, 0.29) is 23.1 Å². The van der Waals surface area contributed by atoms with Crippen molar-refractivity contribution < 1.29 is 22.8 Å². The van der Waals surface area contributed by atoms with Crippen molar-refractivity contribution in [2.45, 2.75) is 25.1 Å². The van der Waals surface area contributed by atoms with Crippen molar-refractivity contribution in [1.82, 2.24) is 19.2 Å². The molecule has 1 N–H and O–H groups in total. The topological polar surface area (TPSA) is 70.0 Å². The number of carbonyl (C=O) groups excluding carboxylic acids is 2. The number of nitrogens with one attached hydrogen (secondary N) is 1. The molecule has 1 saturated heterocycles. The van der Waals surface area contributed by atoms with Gasteiger partial charge in [-0.15, -0.1) is 0 Å². The first-order valence-electron chi connectivity index (χ1n) is 10.6. The van der Waals surface area contributed by atoms with Gasteiger partial charge >= 0.3 is 12.2 Å². The average molecular weight is 457 g/mol. The molecule has 1 spiro atoms. The van der Waals surface area contributed by atoms with Crippen LogP contribution in [0, 0.1) is 5.41 Å². The number of benzene rings is 1. The maximum Gasteiger partial charge on any atom is 0.416 e. The van der Waals surface area contributed by atoms with Gasteiger partial charge in [0.15, 0.2) is 0 Å². The smallest absolute Gasteiger partial charge is 0.336 e. The highest BCUT2D eigenvalue weighted by Crippen LogP contribution is 2.50. The summed E-state index contributed by atoms with van der Waals surface area (Å²) in [5.41, 5.74) is 0.521. The summed E-state index contributed by atoms with van der Waals surface area (Å²) in [6.07, 6.45) is 0.414. The molecule has 2 aliphatic rings. The van der Waals surface area contributed by atoms with Gasteiger partial charge < -0.3 is 15.1 Å². The van der Waals surface area contributed by atoms with Gasteiger partial charge in [-0.3, -0.25) is 9.20 Å². The Hall–Kier alpha value is -3.56. The lowest BCUT2D eigenvalue weighted by Crippen LogP contribution is -2.67. The fourth-order valence-electron chi connectivity index (χ4n) is 4.78. The standard InChI is InChI=1S/C23H22F3N5O2/c1-29(21(33)28-16-6-4-5-15(9-16)23(24,25)26)17-10-22(11-17)13-30(14-22)20(32)18-12-27-19-7-2-3-8-31(18)19/h2-9,12,17H,10-11,13-14H2,1H3,(H,28,33). The van der Waals surface area contributed by atoms with E-state index < -0.39 is 17.8 Å². The Kier molecular flexibility index (Phi) is 4.84. The first kappa shape index (κ1) is 21.3. The Labute approximate surface area is 187 Å². The molecule has 172 valence electrons. The monoisotopic (exact) mass is 457 g/mol. The molecule has 1 aromatic carbocycles. The van der Waals surface area contributed by atoms with E-state index in [1.54, 1.807) is 22.5 Å². The number of urea groups is 1. The van der Waals surface area contributed by atoms with Gasteiger partial charge in [-0.1, -0.05) is 12.1 Å². The first-order chi connectivity index (χ1) is 15.7. The highest BCUT2D eigenvalue weighted by atomic mass is 19.4. The Bertz CT molecular complexity index is 1220. The molecule has 0 radical (unpaired) electrons. The van der Waals surface area contributed by atoms with Gasteiger partial charge in [0, 0.05) is 43.5 Å². The van der Waals surface area contributed by atoms with E-state index in [9.17, 15) is 22.8 Å². The summed E-state index contributed by atoms with van der Waals surface area (Å²) < 4.78 is 40.4. The second-order valence-corrected chi connectivity index (χ2v) is 8.92. The van der Waals surface area contributed by atoms with Crippen molar-refractivity contribution in [3.63, 3.8) is 0 Å². The lowest BCUT2D eigenvalue weighted by atomic mass is 9.60. The predicted octanol–water partition coefficient (Wildman–Crippen LogP) is 4.12. The van der Waals surface area contributed by atoms with Crippen molar-refractivity contribution in [2.75, 3.05) is 25.5 Å². The molecule has 0 bridgehead atoms. The van der Waals surface area contributed by atoms with Gasteiger partial charge in [-0.25, -0.2) is 9.78 Å². The number of likely N-dealkylation sites (tertiary alicyclic amines) is 1. The summed E-state index contributed by atoms with van der Waals surface area (Å²) in [4.78, 5) is 33.0. The summed E-state index contributed by atoms with van der Waals surface area (Å²) in [7, 11) is 1.64. The molecule has 1 aliphatic heterocycles. The van der Waals surface area contributed by atoms with Gasteiger partial charge in [0.1, 0.15) is 11.3 Å². The lowest BCUT2D eigenvalue weighted by molar-refractivity contribution is -0.137. The Morgan fingerprint density at radius 3 is 2.64 bits per heavy atom. The van der Waals surface area contributed by atoms with Gasteiger partial charge in [0.25, 0.3) is 5.91 Å². The second-order valence-electron chi connectivity index (χ2n) is 8.92. The van der Waals surface area contributed by atoms with Gasteiger partial charge in [-0.05, 0) is 43.2 Å². The molecule has 2 fully saturated rings. The molecule has 2 aromatic heterocycles. The summed E-state index contributed by atoms with van der Waals surface area (Å²) in [5.74, 6) is -0.0709. The van der Waals surface area contributed by atoms with Gasteiger partial charge in [-0.2, -0.15) is 13.2 Å². The second kappa shape index (κ2) is 7.50. The molecule has 7 nitrogen and oxygen atoms in total. The number of hydrogen-bond donors (Lipinski definition) is 1. The van der Waals surface area contributed by atoms with Crippen LogP contribution in [0.15, 0.2) is 54.9 Å². The zero-order valence-corrected chi connectivity index (χ0v) is 17.8. The summed E-state index contributed by atoms with van der Waals surface area (Å²) >= 11 is 0. The molecule has 1 saturated carbocycles. The molecule has 0 atom stereocenters. The average Bonchev–Trinajstić information content (AvgIpc) is 3.15. The van der Waals surface area contributed by atoms with Crippen LogP contribution in [0.4, 0.5) is 23.7 Å². The van der Waals surface area contributed by atoms with Crippen LogP contribution >= 0.6 is 0 Å². The number of alkyl halides is 3. The van der Waals surface area contributed by atoms with E-state index >= 15 is 0 Å². The van der Waals surface area contributed by atoms with E-state index in [1.165, 1.54) is 17.0 Å². The zero-order chi connectivity index (χ0) is 23.4. The lowest BCUT2D eigenvalue weighted by Gasteiger charge is -2.60. The summed E-state index contributed by atoms with van der Waals surface area (Å²) in [6.45, 7) is 1.23.